The van der Waals surface area contributed by atoms with Gasteiger partial charge in [-0.25, -0.2) is 4.79 Å². The van der Waals surface area contributed by atoms with E-state index in [2.05, 4.69) is 10.2 Å². The summed E-state index contributed by atoms with van der Waals surface area (Å²) in [5, 5.41) is 15.5. The maximum absolute atomic E-state index is 12.1. The summed E-state index contributed by atoms with van der Waals surface area (Å²) in [4.78, 5) is 14.5. The third kappa shape index (κ3) is 3.41. The topological polar surface area (TPSA) is 61.8 Å². The zero-order chi connectivity index (χ0) is 18.0. The average molecular weight is 354 g/mol. The molecular weight excluding hydrogens is 328 g/mol. The summed E-state index contributed by atoms with van der Waals surface area (Å²) in [7, 11) is 0. The fraction of sp³-hybridized carbons (Fsp3) is 0.476. The SMILES string of the molecule is O=C(O)C1(Oc2ccc3ccccc3c2)CCN([C@@H]2CCCNC2)CC1. The van der Waals surface area contributed by atoms with Crippen molar-refractivity contribution in [1.82, 2.24) is 10.2 Å². The Balaban J connectivity index is 1.49. The van der Waals surface area contributed by atoms with Crippen LogP contribution in [0.4, 0.5) is 0 Å². The highest BCUT2D eigenvalue weighted by Crippen LogP contribution is 2.32. The average Bonchev–Trinajstić information content (AvgIpc) is 2.69. The maximum atomic E-state index is 12.1. The highest BCUT2D eigenvalue weighted by Gasteiger charge is 2.45. The van der Waals surface area contributed by atoms with Gasteiger partial charge in [-0.2, -0.15) is 0 Å². The molecule has 2 heterocycles. The van der Waals surface area contributed by atoms with E-state index >= 15 is 0 Å². The standard InChI is InChI=1S/C21H26N2O3/c24-20(25)21(9-12-23(13-10-21)18-6-3-11-22-15-18)26-19-8-7-16-4-1-2-5-17(16)14-19/h1-2,4-5,7-8,14,18,22H,3,6,9-13,15H2,(H,24,25)/t18-/m1/s1. The van der Waals surface area contributed by atoms with E-state index in [1.165, 1.54) is 12.8 Å². The first-order chi connectivity index (χ1) is 12.7. The molecule has 2 N–H and O–H groups in total. The third-order valence-electron chi connectivity index (χ3n) is 5.82. The molecule has 2 aromatic carbocycles. The van der Waals surface area contributed by atoms with Crippen molar-refractivity contribution in [3.05, 3.63) is 42.5 Å². The molecule has 26 heavy (non-hydrogen) atoms. The lowest BCUT2D eigenvalue weighted by atomic mass is 9.89. The third-order valence-corrected chi connectivity index (χ3v) is 5.82. The Bertz CT molecular complexity index is 778. The van der Waals surface area contributed by atoms with Gasteiger partial charge in [-0.1, -0.05) is 30.3 Å². The van der Waals surface area contributed by atoms with Gasteiger partial charge in [-0.15, -0.1) is 0 Å². The Labute approximate surface area is 153 Å². The van der Waals surface area contributed by atoms with Crippen molar-refractivity contribution in [3.8, 4) is 5.75 Å². The molecule has 1 atom stereocenters. The summed E-state index contributed by atoms with van der Waals surface area (Å²) >= 11 is 0. The van der Waals surface area contributed by atoms with Crippen molar-refractivity contribution in [3.63, 3.8) is 0 Å². The van der Waals surface area contributed by atoms with E-state index in [0.717, 1.165) is 37.0 Å². The minimum atomic E-state index is -1.12. The number of piperidine rings is 2. The zero-order valence-corrected chi connectivity index (χ0v) is 15.0. The molecular formula is C21H26N2O3. The summed E-state index contributed by atoms with van der Waals surface area (Å²) in [6.45, 7) is 3.64. The van der Waals surface area contributed by atoms with E-state index < -0.39 is 11.6 Å². The minimum absolute atomic E-state index is 0.520. The van der Waals surface area contributed by atoms with E-state index in [1.54, 1.807) is 0 Å². The van der Waals surface area contributed by atoms with Crippen LogP contribution in [0.1, 0.15) is 25.7 Å². The predicted molar refractivity (Wildman–Crippen MR) is 102 cm³/mol. The number of benzene rings is 2. The number of fused-ring (bicyclic) bond motifs is 1. The fourth-order valence-electron chi connectivity index (χ4n) is 4.21. The quantitative estimate of drug-likeness (QED) is 0.884. The van der Waals surface area contributed by atoms with Gasteiger partial charge in [0, 0.05) is 38.5 Å². The van der Waals surface area contributed by atoms with Gasteiger partial charge in [0.25, 0.3) is 0 Å². The van der Waals surface area contributed by atoms with Crippen LogP contribution >= 0.6 is 0 Å². The summed E-state index contributed by atoms with van der Waals surface area (Å²) < 4.78 is 6.11. The first-order valence-electron chi connectivity index (χ1n) is 9.52. The zero-order valence-electron chi connectivity index (χ0n) is 15.0. The van der Waals surface area contributed by atoms with Gasteiger partial charge in [-0.3, -0.25) is 4.90 Å². The van der Waals surface area contributed by atoms with Gasteiger partial charge in [0.05, 0.1) is 0 Å². The largest absolute Gasteiger partial charge is 0.478 e. The fourth-order valence-corrected chi connectivity index (χ4v) is 4.21. The summed E-state index contributed by atoms with van der Waals surface area (Å²) in [6, 6.07) is 14.4. The van der Waals surface area contributed by atoms with Crippen LogP contribution < -0.4 is 10.1 Å². The molecule has 2 aromatic rings. The second-order valence-corrected chi connectivity index (χ2v) is 7.45. The number of ether oxygens (including phenoxy) is 1. The molecule has 2 aliphatic rings. The normalized spacial score (nSPS) is 23.6. The summed E-state index contributed by atoms with van der Waals surface area (Å²) in [5.41, 5.74) is -1.12. The van der Waals surface area contributed by atoms with Crippen molar-refractivity contribution in [1.29, 1.82) is 0 Å². The van der Waals surface area contributed by atoms with E-state index in [4.69, 9.17) is 4.74 Å². The Morgan fingerprint density at radius 1 is 1.15 bits per heavy atom. The molecule has 0 amide bonds. The molecule has 0 saturated carbocycles. The second kappa shape index (κ2) is 7.25. The molecule has 0 aromatic heterocycles. The molecule has 0 bridgehead atoms. The highest BCUT2D eigenvalue weighted by molar-refractivity contribution is 5.84. The van der Waals surface area contributed by atoms with Crippen molar-refractivity contribution < 1.29 is 14.6 Å². The Kier molecular flexibility index (Phi) is 4.83. The lowest BCUT2D eigenvalue weighted by Crippen LogP contribution is -2.57. The van der Waals surface area contributed by atoms with Crippen molar-refractivity contribution >= 4 is 16.7 Å². The second-order valence-electron chi connectivity index (χ2n) is 7.45. The molecule has 5 nitrogen and oxygen atoms in total. The number of carboxylic acid groups (broad SMARTS) is 1. The van der Waals surface area contributed by atoms with Gasteiger partial charge in [0.1, 0.15) is 5.75 Å². The maximum Gasteiger partial charge on any atom is 0.348 e. The van der Waals surface area contributed by atoms with Gasteiger partial charge in [-0.05, 0) is 42.3 Å². The molecule has 2 fully saturated rings. The van der Waals surface area contributed by atoms with E-state index in [-0.39, 0.29) is 0 Å². The first kappa shape index (κ1) is 17.3. The van der Waals surface area contributed by atoms with E-state index in [9.17, 15) is 9.90 Å². The van der Waals surface area contributed by atoms with Crippen LogP contribution in [0.25, 0.3) is 10.8 Å². The van der Waals surface area contributed by atoms with Gasteiger partial charge in [0.2, 0.25) is 5.60 Å². The van der Waals surface area contributed by atoms with Gasteiger partial charge in [0.15, 0.2) is 0 Å². The number of aliphatic carboxylic acids is 1. The van der Waals surface area contributed by atoms with Crippen LogP contribution in [0.15, 0.2) is 42.5 Å². The summed E-state index contributed by atoms with van der Waals surface area (Å²) in [5.74, 6) is -0.217. The van der Waals surface area contributed by atoms with Crippen LogP contribution in [0.5, 0.6) is 5.75 Å². The predicted octanol–water partition coefficient (Wildman–Crippen LogP) is 2.89. The molecule has 0 spiro atoms. The molecule has 0 radical (unpaired) electrons. The Morgan fingerprint density at radius 2 is 1.92 bits per heavy atom. The number of rotatable bonds is 4. The molecule has 0 aliphatic carbocycles. The molecule has 2 saturated heterocycles. The molecule has 0 unspecified atom stereocenters. The Hall–Kier alpha value is -2.11. The summed E-state index contributed by atoms with van der Waals surface area (Å²) in [6.07, 6.45) is 3.43. The van der Waals surface area contributed by atoms with Gasteiger partial charge >= 0.3 is 5.97 Å². The molecule has 2 aliphatic heterocycles. The monoisotopic (exact) mass is 354 g/mol. The highest BCUT2D eigenvalue weighted by atomic mass is 16.5. The molecule has 138 valence electrons. The lowest BCUT2D eigenvalue weighted by molar-refractivity contribution is -0.160. The number of nitrogens with one attached hydrogen (secondary N) is 1. The minimum Gasteiger partial charge on any atom is -0.478 e. The number of nitrogens with zero attached hydrogens (tertiary/aromatic N) is 1. The van der Waals surface area contributed by atoms with Crippen LogP contribution in [-0.2, 0) is 4.79 Å². The van der Waals surface area contributed by atoms with Crippen molar-refractivity contribution in [2.24, 2.45) is 0 Å². The van der Waals surface area contributed by atoms with Crippen molar-refractivity contribution in [2.75, 3.05) is 26.2 Å². The lowest BCUT2D eigenvalue weighted by Gasteiger charge is -2.43. The van der Waals surface area contributed by atoms with Crippen LogP contribution in [0, 0.1) is 0 Å². The van der Waals surface area contributed by atoms with Crippen molar-refractivity contribution in [2.45, 2.75) is 37.3 Å². The van der Waals surface area contributed by atoms with E-state index in [0.29, 0.717) is 24.6 Å². The van der Waals surface area contributed by atoms with Crippen LogP contribution in [-0.4, -0.2) is 53.8 Å². The molecule has 5 heteroatoms. The molecule has 4 rings (SSSR count). The number of hydrogen-bond donors (Lipinski definition) is 2. The first-order valence-corrected chi connectivity index (χ1v) is 9.52. The number of carboxylic acids is 1. The van der Waals surface area contributed by atoms with Gasteiger partial charge < -0.3 is 15.2 Å². The number of likely N-dealkylation sites (tertiary alicyclic amines) is 1. The number of hydrogen-bond acceptors (Lipinski definition) is 4. The Morgan fingerprint density at radius 3 is 2.62 bits per heavy atom. The number of carbonyl (C=O) groups is 1. The van der Waals surface area contributed by atoms with E-state index in [1.807, 2.05) is 42.5 Å². The van der Waals surface area contributed by atoms with Crippen LogP contribution in [0.2, 0.25) is 0 Å². The van der Waals surface area contributed by atoms with Crippen LogP contribution in [0.3, 0.4) is 0 Å². The smallest absolute Gasteiger partial charge is 0.348 e.